The Hall–Kier alpha value is -1.34. The molecule has 6 nitrogen and oxygen atoms in total. The van der Waals surface area contributed by atoms with Gasteiger partial charge in [-0.3, -0.25) is 0 Å². The van der Waals surface area contributed by atoms with E-state index in [9.17, 15) is 13.2 Å². The van der Waals surface area contributed by atoms with Crippen LogP contribution in [0.4, 0.5) is 0 Å². The van der Waals surface area contributed by atoms with Gasteiger partial charge in [0.1, 0.15) is 0 Å². The molecule has 1 unspecified atom stereocenters. The maximum Gasteiger partial charge on any atom is 0.351 e. The van der Waals surface area contributed by atoms with E-state index in [0.717, 1.165) is 6.08 Å². The number of carboxylic acid groups (broad SMARTS) is 1. The summed E-state index contributed by atoms with van der Waals surface area (Å²) < 4.78 is 22.0. The van der Waals surface area contributed by atoms with Crippen LogP contribution < -0.4 is 10.5 Å². The topological polar surface area (TPSA) is 109 Å². The second-order valence-electron chi connectivity index (χ2n) is 2.45. The highest BCUT2D eigenvalue weighted by molar-refractivity contribution is 7.91. The largest absolute Gasteiger partial charge is 0.478 e. The fraction of sp³-hybridized carbons (Fsp3) is 0.167. The molecule has 0 aliphatic carbocycles. The maximum atomic E-state index is 11.0. The van der Waals surface area contributed by atoms with Gasteiger partial charge in [0.25, 0.3) is 4.87 Å². The molecule has 0 aromatic carbocycles. The molecular weight excluding hydrogens is 196 g/mol. The quantitative estimate of drug-likeness (QED) is 0.519. The van der Waals surface area contributed by atoms with Crippen LogP contribution in [-0.4, -0.2) is 24.4 Å². The van der Waals surface area contributed by atoms with Gasteiger partial charge in [0, 0.05) is 0 Å². The molecule has 1 atom stereocenters. The number of dihydropyridines is 1. The number of hydrogen-bond donors (Lipinski definition) is 3. The second-order valence-corrected chi connectivity index (χ2v) is 4.18. The summed E-state index contributed by atoms with van der Waals surface area (Å²) in [5, 5.41) is 15.7. The molecule has 72 valence electrons. The van der Waals surface area contributed by atoms with Crippen molar-refractivity contribution in [3.63, 3.8) is 0 Å². The van der Waals surface area contributed by atoms with Crippen LogP contribution in [0, 0.1) is 0 Å². The minimum atomic E-state index is -4.24. The lowest BCUT2D eigenvalue weighted by Crippen LogP contribution is -2.58. The third kappa shape index (κ3) is 1.43. The molecule has 1 aliphatic rings. The number of primary sulfonamides is 1. The van der Waals surface area contributed by atoms with E-state index >= 15 is 0 Å². The fourth-order valence-corrected chi connectivity index (χ4v) is 1.64. The number of rotatable bonds is 2. The molecule has 0 fully saturated rings. The minimum Gasteiger partial charge on any atom is -0.478 e. The fourth-order valence-electron chi connectivity index (χ4n) is 0.898. The molecule has 0 amide bonds. The van der Waals surface area contributed by atoms with E-state index in [4.69, 9.17) is 10.2 Å². The highest BCUT2D eigenvalue weighted by Gasteiger charge is 2.47. The Bertz CT molecular complexity index is 383. The molecule has 0 bridgehead atoms. The first-order valence-electron chi connectivity index (χ1n) is 3.28. The van der Waals surface area contributed by atoms with Crippen molar-refractivity contribution in [1.29, 1.82) is 0 Å². The third-order valence-corrected chi connectivity index (χ3v) is 2.93. The SMILES string of the molecule is NS(=O)(=O)C1(C(=O)O)C=CC=CN1. The third-order valence-electron chi connectivity index (χ3n) is 1.60. The van der Waals surface area contributed by atoms with Crippen LogP contribution in [0.3, 0.4) is 0 Å². The standard InChI is InChI=1S/C6H8N2O4S/c7-13(11,12)6(5(9)10)3-1-2-4-8-6/h1-4,8H,(H,9,10)(H2,7,11,12). The number of allylic oxidation sites excluding steroid dienone is 2. The van der Waals surface area contributed by atoms with Gasteiger partial charge < -0.3 is 10.4 Å². The van der Waals surface area contributed by atoms with Crippen molar-refractivity contribution in [2.45, 2.75) is 4.87 Å². The second kappa shape index (κ2) is 2.86. The molecule has 4 N–H and O–H groups in total. The lowest BCUT2D eigenvalue weighted by Gasteiger charge is -2.25. The van der Waals surface area contributed by atoms with Crippen molar-refractivity contribution in [3.05, 3.63) is 24.4 Å². The van der Waals surface area contributed by atoms with Crippen LogP contribution in [0.1, 0.15) is 0 Å². The van der Waals surface area contributed by atoms with Gasteiger partial charge in [-0.25, -0.2) is 18.4 Å². The lowest BCUT2D eigenvalue weighted by atomic mass is 10.2. The van der Waals surface area contributed by atoms with Crippen molar-refractivity contribution in [2.75, 3.05) is 0 Å². The van der Waals surface area contributed by atoms with Crippen LogP contribution in [-0.2, 0) is 14.8 Å². The molecule has 0 saturated heterocycles. The zero-order valence-electron chi connectivity index (χ0n) is 6.47. The molecule has 13 heavy (non-hydrogen) atoms. The summed E-state index contributed by atoms with van der Waals surface area (Å²) in [6.07, 6.45) is 4.95. The van der Waals surface area contributed by atoms with Crippen LogP contribution in [0.2, 0.25) is 0 Å². The molecular formula is C6H8N2O4S. The molecule has 0 aromatic heterocycles. The molecule has 1 rings (SSSR count). The van der Waals surface area contributed by atoms with E-state index in [1.54, 1.807) is 0 Å². The monoisotopic (exact) mass is 204 g/mol. The average Bonchev–Trinajstić information content (AvgIpc) is 2.03. The summed E-state index contributed by atoms with van der Waals surface area (Å²) in [4.78, 5) is 8.48. The number of nitrogens with two attached hydrogens (primary N) is 1. The Kier molecular flexibility index (Phi) is 2.14. The summed E-state index contributed by atoms with van der Waals surface area (Å²) in [7, 11) is -4.24. The molecule has 0 aromatic rings. The maximum absolute atomic E-state index is 11.0. The summed E-state index contributed by atoms with van der Waals surface area (Å²) in [6.45, 7) is 0. The predicted molar refractivity (Wildman–Crippen MR) is 44.9 cm³/mol. The average molecular weight is 204 g/mol. The summed E-state index contributed by atoms with van der Waals surface area (Å²) in [5.74, 6) is -1.56. The van der Waals surface area contributed by atoms with Gasteiger partial charge in [-0.2, -0.15) is 0 Å². The number of nitrogens with one attached hydrogen (secondary N) is 1. The van der Waals surface area contributed by atoms with Gasteiger partial charge in [-0.1, -0.05) is 6.08 Å². The van der Waals surface area contributed by atoms with Gasteiger partial charge >= 0.3 is 5.97 Å². The van der Waals surface area contributed by atoms with Gasteiger partial charge in [0.15, 0.2) is 0 Å². The Morgan fingerprint density at radius 1 is 1.46 bits per heavy atom. The van der Waals surface area contributed by atoms with E-state index in [1.807, 2.05) is 0 Å². The predicted octanol–water partition coefficient (Wildman–Crippen LogP) is -1.27. The van der Waals surface area contributed by atoms with Crippen LogP contribution in [0.25, 0.3) is 0 Å². The Balaban J connectivity index is 3.27. The van der Waals surface area contributed by atoms with Crippen LogP contribution in [0.5, 0.6) is 0 Å². The van der Waals surface area contributed by atoms with E-state index in [-0.39, 0.29) is 0 Å². The van der Waals surface area contributed by atoms with E-state index in [0.29, 0.717) is 0 Å². The molecule has 0 radical (unpaired) electrons. The molecule has 0 spiro atoms. The smallest absolute Gasteiger partial charge is 0.351 e. The first-order valence-corrected chi connectivity index (χ1v) is 4.82. The number of carboxylic acids is 1. The number of aliphatic carboxylic acids is 1. The van der Waals surface area contributed by atoms with Crippen molar-refractivity contribution in [2.24, 2.45) is 5.14 Å². The normalized spacial score (nSPS) is 26.8. The number of carbonyl (C=O) groups is 1. The lowest BCUT2D eigenvalue weighted by molar-refractivity contribution is -0.139. The summed E-state index contributed by atoms with van der Waals surface area (Å²) >= 11 is 0. The van der Waals surface area contributed by atoms with Crippen molar-refractivity contribution in [3.8, 4) is 0 Å². The Labute approximate surface area is 74.8 Å². The van der Waals surface area contributed by atoms with Gasteiger partial charge in [0.05, 0.1) is 0 Å². The molecule has 1 heterocycles. The number of sulfonamides is 1. The van der Waals surface area contributed by atoms with Crippen LogP contribution in [0.15, 0.2) is 24.4 Å². The van der Waals surface area contributed by atoms with E-state index in [1.165, 1.54) is 18.4 Å². The highest BCUT2D eigenvalue weighted by atomic mass is 32.2. The molecule has 1 aliphatic heterocycles. The zero-order valence-corrected chi connectivity index (χ0v) is 7.28. The first-order chi connectivity index (χ1) is 5.90. The van der Waals surface area contributed by atoms with Gasteiger partial charge in [-0.05, 0) is 18.4 Å². The van der Waals surface area contributed by atoms with E-state index < -0.39 is 20.9 Å². The first kappa shape index (κ1) is 9.75. The molecule has 0 saturated carbocycles. The highest BCUT2D eigenvalue weighted by Crippen LogP contribution is 2.16. The van der Waals surface area contributed by atoms with Crippen molar-refractivity contribution in [1.82, 2.24) is 5.32 Å². The van der Waals surface area contributed by atoms with Crippen molar-refractivity contribution < 1.29 is 18.3 Å². The summed E-state index contributed by atoms with van der Waals surface area (Å²) in [6, 6.07) is 0. The minimum absolute atomic E-state index is 0.977. The summed E-state index contributed by atoms with van der Waals surface area (Å²) in [5.41, 5.74) is 0. The van der Waals surface area contributed by atoms with Gasteiger partial charge in [0.2, 0.25) is 10.0 Å². The number of hydrogen-bond acceptors (Lipinski definition) is 4. The Morgan fingerprint density at radius 2 is 2.08 bits per heavy atom. The molecule has 7 heteroatoms. The van der Waals surface area contributed by atoms with Crippen molar-refractivity contribution >= 4 is 16.0 Å². The van der Waals surface area contributed by atoms with E-state index in [2.05, 4.69) is 5.32 Å². The van der Waals surface area contributed by atoms with Gasteiger partial charge in [-0.15, -0.1) is 0 Å². The Morgan fingerprint density at radius 3 is 2.31 bits per heavy atom. The zero-order chi connectivity index (χ0) is 10.1. The van der Waals surface area contributed by atoms with Crippen LogP contribution >= 0.6 is 0 Å².